The Labute approximate surface area is 89.5 Å². The Kier molecular flexibility index (Phi) is 2.49. The van der Waals surface area contributed by atoms with Crippen LogP contribution in [0, 0.1) is 13.8 Å². The van der Waals surface area contributed by atoms with E-state index in [4.69, 9.17) is 0 Å². The van der Waals surface area contributed by atoms with Gasteiger partial charge in [0.05, 0.1) is 6.54 Å². The maximum atomic E-state index is 4.26. The predicted molar refractivity (Wildman–Crippen MR) is 60.2 cm³/mol. The van der Waals surface area contributed by atoms with Crippen LogP contribution in [0.1, 0.15) is 17.2 Å². The minimum absolute atomic E-state index is 0.736. The number of hydrogen-bond acceptors (Lipinski definition) is 2. The first-order valence-corrected chi connectivity index (χ1v) is 5.03. The van der Waals surface area contributed by atoms with Crippen LogP contribution < -0.4 is 5.43 Å². The summed E-state index contributed by atoms with van der Waals surface area (Å²) in [6, 6.07) is 4.20. The van der Waals surface area contributed by atoms with Gasteiger partial charge in [-0.1, -0.05) is 0 Å². The van der Waals surface area contributed by atoms with Gasteiger partial charge in [-0.3, -0.25) is 4.68 Å². The molecule has 0 aliphatic heterocycles. The lowest BCUT2D eigenvalue weighted by atomic mass is 10.5. The second kappa shape index (κ2) is 3.81. The van der Waals surface area contributed by atoms with Crippen LogP contribution in [-0.2, 0) is 13.6 Å². The van der Waals surface area contributed by atoms with Crippen LogP contribution in [0.15, 0.2) is 24.5 Å². The zero-order valence-corrected chi connectivity index (χ0v) is 9.36. The fourth-order valence-corrected chi connectivity index (χ4v) is 1.63. The van der Waals surface area contributed by atoms with E-state index >= 15 is 0 Å². The van der Waals surface area contributed by atoms with E-state index in [1.165, 1.54) is 11.4 Å². The highest BCUT2D eigenvalue weighted by Crippen LogP contribution is 2.05. The minimum atomic E-state index is 0.736. The summed E-state index contributed by atoms with van der Waals surface area (Å²) < 4.78 is 4.09. The second-order valence-electron chi connectivity index (χ2n) is 3.74. The molecule has 0 atom stereocenters. The van der Waals surface area contributed by atoms with Gasteiger partial charge in [0, 0.05) is 30.8 Å². The molecule has 80 valence electrons. The van der Waals surface area contributed by atoms with E-state index in [1.54, 1.807) is 0 Å². The van der Waals surface area contributed by atoms with Crippen molar-refractivity contribution in [1.29, 1.82) is 0 Å². The smallest absolute Gasteiger partial charge is 0.129 e. The molecule has 0 spiro atoms. The predicted octanol–water partition coefficient (Wildman–Crippen LogP) is 1.58. The molecule has 0 unspecified atom stereocenters. The van der Waals surface area contributed by atoms with Crippen LogP contribution >= 0.6 is 0 Å². The molecule has 0 saturated heterocycles. The van der Waals surface area contributed by atoms with E-state index in [2.05, 4.69) is 41.1 Å². The summed E-state index contributed by atoms with van der Waals surface area (Å²) in [4.78, 5) is 4.26. The minimum Gasteiger partial charge on any atom is -0.336 e. The van der Waals surface area contributed by atoms with Crippen molar-refractivity contribution in [3.05, 3.63) is 41.7 Å². The number of imidazole rings is 1. The first-order valence-electron chi connectivity index (χ1n) is 5.03. The molecule has 15 heavy (non-hydrogen) atoms. The van der Waals surface area contributed by atoms with E-state index in [0.717, 1.165) is 12.4 Å². The van der Waals surface area contributed by atoms with Crippen LogP contribution in [0.2, 0.25) is 0 Å². The maximum absolute atomic E-state index is 4.26. The van der Waals surface area contributed by atoms with Crippen molar-refractivity contribution >= 4 is 0 Å². The zero-order valence-electron chi connectivity index (χ0n) is 9.36. The van der Waals surface area contributed by atoms with Crippen molar-refractivity contribution < 1.29 is 0 Å². The SMILES string of the molecule is Cc1ccc(C)n1NCc1nccn1C. The lowest BCUT2D eigenvalue weighted by molar-refractivity contribution is 0.729. The molecule has 1 N–H and O–H groups in total. The van der Waals surface area contributed by atoms with Gasteiger partial charge >= 0.3 is 0 Å². The van der Waals surface area contributed by atoms with Crippen LogP contribution in [0.4, 0.5) is 0 Å². The summed E-state index contributed by atoms with van der Waals surface area (Å²) >= 11 is 0. The molecule has 2 heterocycles. The molecule has 4 nitrogen and oxygen atoms in total. The topological polar surface area (TPSA) is 34.8 Å². The largest absolute Gasteiger partial charge is 0.336 e. The molecule has 0 aliphatic rings. The molecular weight excluding hydrogens is 188 g/mol. The fourth-order valence-electron chi connectivity index (χ4n) is 1.63. The number of nitrogens with zero attached hydrogens (tertiary/aromatic N) is 3. The lowest BCUT2D eigenvalue weighted by Gasteiger charge is -2.12. The lowest BCUT2D eigenvalue weighted by Crippen LogP contribution is -2.18. The normalized spacial score (nSPS) is 10.6. The average Bonchev–Trinajstić information content (AvgIpc) is 2.73. The summed E-state index contributed by atoms with van der Waals surface area (Å²) in [6.45, 7) is 4.90. The Morgan fingerprint density at radius 2 is 1.93 bits per heavy atom. The fraction of sp³-hybridized carbons (Fsp3) is 0.364. The maximum Gasteiger partial charge on any atom is 0.129 e. The zero-order chi connectivity index (χ0) is 10.8. The van der Waals surface area contributed by atoms with Gasteiger partial charge < -0.3 is 9.99 Å². The van der Waals surface area contributed by atoms with Gasteiger partial charge in [-0.15, -0.1) is 0 Å². The summed E-state index contributed by atoms with van der Waals surface area (Å²) in [5.74, 6) is 1.03. The van der Waals surface area contributed by atoms with Gasteiger partial charge in [-0.2, -0.15) is 0 Å². The Morgan fingerprint density at radius 3 is 2.47 bits per heavy atom. The first kappa shape index (κ1) is 9.83. The summed E-state index contributed by atoms with van der Waals surface area (Å²) in [6.07, 6.45) is 3.76. The van der Waals surface area contributed by atoms with Gasteiger partial charge in [0.2, 0.25) is 0 Å². The average molecular weight is 204 g/mol. The Hall–Kier alpha value is -1.71. The van der Waals surface area contributed by atoms with Gasteiger partial charge in [0.15, 0.2) is 0 Å². The third kappa shape index (κ3) is 1.88. The Bertz CT molecular complexity index is 433. The van der Waals surface area contributed by atoms with E-state index in [-0.39, 0.29) is 0 Å². The second-order valence-corrected chi connectivity index (χ2v) is 3.74. The number of aromatic nitrogens is 3. The molecule has 0 amide bonds. The third-order valence-corrected chi connectivity index (χ3v) is 2.59. The quantitative estimate of drug-likeness (QED) is 0.823. The van der Waals surface area contributed by atoms with Crippen molar-refractivity contribution in [2.75, 3.05) is 5.43 Å². The monoisotopic (exact) mass is 204 g/mol. The van der Waals surface area contributed by atoms with Gasteiger partial charge in [-0.05, 0) is 26.0 Å². The van der Waals surface area contributed by atoms with Crippen molar-refractivity contribution in [3.63, 3.8) is 0 Å². The Morgan fingerprint density at radius 1 is 1.27 bits per heavy atom. The molecule has 0 aromatic carbocycles. The first-order chi connectivity index (χ1) is 7.18. The molecule has 0 fully saturated rings. The van der Waals surface area contributed by atoms with E-state index in [1.807, 2.05) is 24.0 Å². The Balaban J connectivity index is 2.08. The van der Waals surface area contributed by atoms with E-state index in [9.17, 15) is 0 Å². The molecule has 0 aliphatic carbocycles. The number of nitrogens with one attached hydrogen (secondary N) is 1. The van der Waals surface area contributed by atoms with Crippen LogP contribution in [-0.4, -0.2) is 14.2 Å². The summed E-state index contributed by atoms with van der Waals surface area (Å²) in [7, 11) is 2.00. The molecule has 0 bridgehead atoms. The molecular formula is C11H16N4. The van der Waals surface area contributed by atoms with Crippen LogP contribution in [0.5, 0.6) is 0 Å². The molecule has 0 radical (unpaired) electrons. The summed E-state index contributed by atoms with van der Waals surface area (Å²) in [5.41, 5.74) is 5.76. The number of hydrogen-bond donors (Lipinski definition) is 1. The van der Waals surface area contributed by atoms with Crippen molar-refractivity contribution in [1.82, 2.24) is 14.2 Å². The molecule has 2 aromatic rings. The van der Waals surface area contributed by atoms with Crippen molar-refractivity contribution in [3.8, 4) is 0 Å². The number of rotatable bonds is 3. The van der Waals surface area contributed by atoms with Crippen molar-refractivity contribution in [2.45, 2.75) is 20.4 Å². The third-order valence-electron chi connectivity index (χ3n) is 2.59. The number of aryl methyl sites for hydroxylation is 3. The highest BCUT2D eigenvalue weighted by molar-refractivity contribution is 5.15. The van der Waals surface area contributed by atoms with Crippen molar-refractivity contribution in [2.24, 2.45) is 7.05 Å². The molecule has 0 saturated carbocycles. The summed E-state index contributed by atoms with van der Waals surface area (Å²) in [5, 5.41) is 0. The highest BCUT2D eigenvalue weighted by Gasteiger charge is 2.02. The van der Waals surface area contributed by atoms with E-state index in [0.29, 0.717) is 0 Å². The van der Waals surface area contributed by atoms with E-state index < -0.39 is 0 Å². The van der Waals surface area contributed by atoms with Gasteiger partial charge in [-0.25, -0.2) is 4.98 Å². The molecule has 2 rings (SSSR count). The van der Waals surface area contributed by atoms with Crippen LogP contribution in [0.25, 0.3) is 0 Å². The molecule has 2 aromatic heterocycles. The molecule has 4 heteroatoms. The van der Waals surface area contributed by atoms with Gasteiger partial charge in [0.25, 0.3) is 0 Å². The van der Waals surface area contributed by atoms with Crippen LogP contribution in [0.3, 0.4) is 0 Å². The highest BCUT2D eigenvalue weighted by atomic mass is 15.4. The van der Waals surface area contributed by atoms with Gasteiger partial charge in [0.1, 0.15) is 5.82 Å². The standard InChI is InChI=1S/C11H16N4/c1-9-4-5-10(2)15(9)13-8-11-12-6-7-14(11)3/h4-7,13H,8H2,1-3H3.